The van der Waals surface area contributed by atoms with E-state index in [-0.39, 0.29) is 0 Å². The molecule has 5 heteroatoms. The highest BCUT2D eigenvalue weighted by Gasteiger charge is 1.70. The van der Waals surface area contributed by atoms with Crippen LogP contribution in [0.1, 0.15) is 0 Å². The van der Waals surface area contributed by atoms with Crippen molar-refractivity contribution >= 4 is 17.8 Å². The number of carboxylic acid groups (broad SMARTS) is 2. The molecular formula is C3H4ClFO3. The van der Waals surface area contributed by atoms with Crippen molar-refractivity contribution in [3.63, 3.8) is 0 Å². The standard InChI is InChI=1S/C2H2ClF.CH2O3/c1-2(3)4;2-1(3)4/h1H2;(H2,2,3,4). The maximum Gasteiger partial charge on any atom is 0.503 e. The summed E-state index contributed by atoms with van der Waals surface area (Å²) in [7, 11) is 0. The van der Waals surface area contributed by atoms with Gasteiger partial charge in [0, 0.05) is 0 Å². The first kappa shape index (κ1) is 10.3. The quantitative estimate of drug-likeness (QED) is 0.543. The Morgan fingerprint density at radius 2 is 1.62 bits per heavy atom. The minimum atomic E-state index is -1.83. The van der Waals surface area contributed by atoms with Crippen molar-refractivity contribution in [2.45, 2.75) is 0 Å². The van der Waals surface area contributed by atoms with E-state index in [1.165, 1.54) is 0 Å². The molecule has 0 aromatic heterocycles. The van der Waals surface area contributed by atoms with E-state index in [1.54, 1.807) is 0 Å². The Kier molecular flexibility index (Phi) is 7.99. The fraction of sp³-hybridized carbons (Fsp3) is 0. The Bertz CT molecular complexity index is 72.5. The molecule has 0 amide bonds. The van der Waals surface area contributed by atoms with Crippen LogP contribution in [0, 0.1) is 0 Å². The van der Waals surface area contributed by atoms with E-state index in [1.807, 2.05) is 0 Å². The Morgan fingerprint density at radius 1 is 1.62 bits per heavy atom. The van der Waals surface area contributed by atoms with Gasteiger partial charge in [0.05, 0.1) is 0 Å². The summed E-state index contributed by atoms with van der Waals surface area (Å²) in [6.07, 6.45) is -1.83. The van der Waals surface area contributed by atoms with Gasteiger partial charge in [-0.1, -0.05) is 18.2 Å². The number of carbonyl (C=O) groups is 1. The molecule has 0 bridgehead atoms. The Balaban J connectivity index is 0. The van der Waals surface area contributed by atoms with Gasteiger partial charge in [0.2, 0.25) is 0 Å². The van der Waals surface area contributed by atoms with Crippen LogP contribution in [0.3, 0.4) is 0 Å². The molecule has 0 aromatic rings. The maximum absolute atomic E-state index is 10.6. The van der Waals surface area contributed by atoms with Crippen molar-refractivity contribution < 1.29 is 19.4 Å². The summed E-state index contributed by atoms with van der Waals surface area (Å²) >= 11 is 4.41. The van der Waals surface area contributed by atoms with Crippen LogP contribution in [0.5, 0.6) is 0 Å². The lowest BCUT2D eigenvalue weighted by molar-refractivity contribution is 0.137. The van der Waals surface area contributed by atoms with E-state index in [4.69, 9.17) is 15.0 Å². The number of halogens is 2. The van der Waals surface area contributed by atoms with Crippen molar-refractivity contribution in [1.82, 2.24) is 0 Å². The van der Waals surface area contributed by atoms with Crippen LogP contribution in [-0.2, 0) is 0 Å². The molecule has 0 heterocycles. The highest BCUT2D eigenvalue weighted by Crippen LogP contribution is 1.92. The van der Waals surface area contributed by atoms with Crippen molar-refractivity contribution in [1.29, 1.82) is 0 Å². The van der Waals surface area contributed by atoms with Crippen LogP contribution in [0.15, 0.2) is 11.9 Å². The molecule has 48 valence electrons. The Labute approximate surface area is 50.0 Å². The average Bonchev–Trinajstić information content (AvgIpc) is 1.25. The third kappa shape index (κ3) is 158. The van der Waals surface area contributed by atoms with Gasteiger partial charge in [-0.05, 0) is 0 Å². The van der Waals surface area contributed by atoms with Gasteiger partial charge >= 0.3 is 6.16 Å². The summed E-state index contributed by atoms with van der Waals surface area (Å²) in [6, 6.07) is 0. The molecule has 0 aliphatic rings. The lowest BCUT2D eigenvalue weighted by Gasteiger charge is -1.60. The predicted octanol–water partition coefficient (Wildman–Crippen LogP) is 1.89. The van der Waals surface area contributed by atoms with Gasteiger partial charge in [-0.15, -0.1) is 0 Å². The third-order valence-corrected chi connectivity index (χ3v) is 0. The maximum atomic E-state index is 10.6. The molecule has 0 fully saturated rings. The molecule has 0 unspecified atom stereocenters. The minimum Gasteiger partial charge on any atom is -0.450 e. The predicted molar refractivity (Wildman–Crippen MR) is 26.8 cm³/mol. The molecule has 0 spiro atoms. The lowest BCUT2D eigenvalue weighted by Crippen LogP contribution is -1.81. The Morgan fingerprint density at radius 3 is 1.62 bits per heavy atom. The van der Waals surface area contributed by atoms with E-state index < -0.39 is 11.4 Å². The van der Waals surface area contributed by atoms with Crippen molar-refractivity contribution in [2.24, 2.45) is 0 Å². The smallest absolute Gasteiger partial charge is 0.450 e. The minimum absolute atomic E-state index is 0.861. The van der Waals surface area contributed by atoms with Crippen molar-refractivity contribution in [2.75, 3.05) is 0 Å². The van der Waals surface area contributed by atoms with E-state index in [2.05, 4.69) is 18.2 Å². The van der Waals surface area contributed by atoms with Crippen LogP contribution in [0.4, 0.5) is 9.18 Å². The molecule has 0 saturated heterocycles. The first-order valence-corrected chi connectivity index (χ1v) is 1.76. The molecule has 0 aliphatic heterocycles. The molecule has 0 radical (unpaired) electrons. The first-order chi connectivity index (χ1) is 3.46. The van der Waals surface area contributed by atoms with Gasteiger partial charge < -0.3 is 10.2 Å². The molecule has 2 N–H and O–H groups in total. The van der Waals surface area contributed by atoms with Crippen LogP contribution < -0.4 is 0 Å². The van der Waals surface area contributed by atoms with Gasteiger partial charge in [0.15, 0.2) is 5.29 Å². The summed E-state index contributed by atoms with van der Waals surface area (Å²) in [5, 5.41) is 13.1. The fourth-order valence-electron chi connectivity index (χ4n) is 0. The lowest BCUT2D eigenvalue weighted by atomic mass is 11.2. The second kappa shape index (κ2) is 6.23. The van der Waals surface area contributed by atoms with Crippen LogP contribution in [0.25, 0.3) is 0 Å². The van der Waals surface area contributed by atoms with Gasteiger partial charge in [0.25, 0.3) is 0 Å². The summed E-state index contributed by atoms with van der Waals surface area (Å²) in [6.45, 7) is 2.65. The van der Waals surface area contributed by atoms with Crippen molar-refractivity contribution in [3.05, 3.63) is 11.9 Å². The summed E-state index contributed by atoms with van der Waals surface area (Å²) in [5.41, 5.74) is 0. The van der Waals surface area contributed by atoms with Gasteiger partial charge in [0.1, 0.15) is 0 Å². The SMILES string of the molecule is C=C(F)Cl.O=C(O)O. The van der Waals surface area contributed by atoms with Gasteiger partial charge in [-0.2, -0.15) is 4.39 Å². The monoisotopic (exact) mass is 142 g/mol. The normalized spacial score (nSPS) is 6.25. The largest absolute Gasteiger partial charge is 0.503 e. The Hall–Kier alpha value is -0.770. The number of hydrogen-bond acceptors (Lipinski definition) is 1. The van der Waals surface area contributed by atoms with Crippen molar-refractivity contribution in [3.8, 4) is 0 Å². The highest BCUT2D eigenvalue weighted by molar-refractivity contribution is 6.27. The molecular weight excluding hydrogens is 138 g/mol. The molecule has 0 aliphatic carbocycles. The molecule has 8 heavy (non-hydrogen) atoms. The van der Waals surface area contributed by atoms with Gasteiger partial charge in [-0.3, -0.25) is 0 Å². The molecule has 3 nitrogen and oxygen atoms in total. The van der Waals surface area contributed by atoms with E-state index in [9.17, 15) is 4.39 Å². The third-order valence-electron chi connectivity index (χ3n) is 0. The topological polar surface area (TPSA) is 57.5 Å². The highest BCUT2D eigenvalue weighted by atomic mass is 35.5. The fourth-order valence-corrected chi connectivity index (χ4v) is 0. The molecule has 0 saturated carbocycles. The second-order valence-electron chi connectivity index (χ2n) is 0.621. The average molecular weight is 143 g/mol. The van der Waals surface area contributed by atoms with Crippen LogP contribution in [-0.4, -0.2) is 16.4 Å². The first-order valence-electron chi connectivity index (χ1n) is 1.38. The van der Waals surface area contributed by atoms with Crippen LogP contribution in [0.2, 0.25) is 0 Å². The summed E-state index contributed by atoms with van der Waals surface area (Å²) < 4.78 is 10.6. The van der Waals surface area contributed by atoms with E-state index in [0.29, 0.717) is 0 Å². The number of rotatable bonds is 0. The summed E-state index contributed by atoms with van der Waals surface area (Å²) in [4.78, 5) is 8.56. The summed E-state index contributed by atoms with van der Waals surface area (Å²) in [5.74, 6) is 0. The molecule has 0 aromatic carbocycles. The zero-order valence-corrected chi connectivity index (χ0v) is 4.52. The molecule has 0 rings (SSSR count). The number of hydrogen-bond donors (Lipinski definition) is 2. The van der Waals surface area contributed by atoms with E-state index in [0.717, 1.165) is 0 Å². The van der Waals surface area contributed by atoms with Crippen LogP contribution >= 0.6 is 11.6 Å². The zero-order chi connectivity index (χ0) is 7.15. The van der Waals surface area contributed by atoms with E-state index >= 15 is 0 Å². The second-order valence-corrected chi connectivity index (χ2v) is 1.03. The van der Waals surface area contributed by atoms with Gasteiger partial charge in [-0.25, -0.2) is 4.79 Å². The molecule has 0 atom stereocenters. The zero-order valence-electron chi connectivity index (χ0n) is 3.77.